The normalized spacial score (nSPS) is 14.2. The molecule has 0 aliphatic rings. The summed E-state index contributed by atoms with van der Waals surface area (Å²) in [4.78, 5) is 23.9. The summed E-state index contributed by atoms with van der Waals surface area (Å²) < 4.78 is 66.9. The standard InChI is InChI=1S/C27H35F4N3O5/c1-5-18(15-32-20-12-11-19(13-22(20)38-4)39-16-23(35)36)33-25(37)21(14-26(2,3)28)34-24(27(29,30)31)17-9-7-6-8-10-17/h6-13,18,21,24,32,34H,5,14-16H2,1-4H3,(H,33,37)(H,35,36)/t18-,21+,24+/m1/s1. The number of hydrogen-bond donors (Lipinski definition) is 4. The van der Waals surface area contributed by atoms with Crippen molar-refractivity contribution in [3.8, 4) is 11.5 Å². The number of anilines is 1. The van der Waals surface area contributed by atoms with Crippen LogP contribution in [0.25, 0.3) is 0 Å². The van der Waals surface area contributed by atoms with E-state index in [0.717, 1.165) is 0 Å². The topological polar surface area (TPSA) is 109 Å². The fraction of sp³-hybridized carbons (Fsp3) is 0.481. The Bertz CT molecular complexity index is 1080. The fourth-order valence-electron chi connectivity index (χ4n) is 3.82. The number of halogens is 4. The molecule has 2 rings (SSSR count). The molecule has 4 N–H and O–H groups in total. The number of carbonyl (C=O) groups is 2. The lowest BCUT2D eigenvalue weighted by Gasteiger charge is -2.31. The van der Waals surface area contributed by atoms with Gasteiger partial charge in [-0.1, -0.05) is 37.3 Å². The Kier molecular flexibility index (Phi) is 11.4. The van der Waals surface area contributed by atoms with E-state index in [1.165, 1.54) is 57.4 Å². The van der Waals surface area contributed by atoms with Crippen molar-refractivity contribution in [1.29, 1.82) is 0 Å². The van der Waals surface area contributed by atoms with Gasteiger partial charge in [0.2, 0.25) is 5.91 Å². The number of hydrogen-bond acceptors (Lipinski definition) is 6. The van der Waals surface area contributed by atoms with E-state index in [-0.39, 0.29) is 17.9 Å². The van der Waals surface area contributed by atoms with Crippen LogP contribution < -0.4 is 25.4 Å². The molecule has 0 aliphatic heterocycles. The zero-order valence-corrected chi connectivity index (χ0v) is 22.3. The Hall–Kier alpha value is -3.54. The lowest BCUT2D eigenvalue weighted by molar-refractivity contribution is -0.161. The second-order valence-electron chi connectivity index (χ2n) is 9.57. The van der Waals surface area contributed by atoms with Crippen LogP contribution in [0.1, 0.15) is 45.2 Å². The number of carboxylic acid groups (broad SMARTS) is 1. The molecule has 3 atom stereocenters. The molecule has 0 aromatic heterocycles. The van der Waals surface area contributed by atoms with Crippen molar-refractivity contribution in [2.24, 2.45) is 0 Å². The van der Waals surface area contributed by atoms with Gasteiger partial charge < -0.3 is 25.2 Å². The minimum atomic E-state index is -4.72. The Labute approximate surface area is 225 Å². The van der Waals surface area contributed by atoms with Gasteiger partial charge in [0.25, 0.3) is 0 Å². The summed E-state index contributed by atoms with van der Waals surface area (Å²) in [7, 11) is 1.42. The van der Waals surface area contributed by atoms with E-state index in [1.807, 2.05) is 0 Å². The molecular formula is C27H35F4N3O5. The molecule has 0 saturated heterocycles. The monoisotopic (exact) mass is 557 g/mol. The molecule has 216 valence electrons. The zero-order chi connectivity index (χ0) is 29.2. The first-order valence-electron chi connectivity index (χ1n) is 12.4. The average molecular weight is 558 g/mol. The molecule has 0 saturated carbocycles. The number of carbonyl (C=O) groups excluding carboxylic acids is 1. The van der Waals surface area contributed by atoms with Crippen LogP contribution in [0.2, 0.25) is 0 Å². The van der Waals surface area contributed by atoms with Crippen molar-refractivity contribution >= 4 is 17.6 Å². The molecule has 2 aromatic carbocycles. The van der Waals surface area contributed by atoms with E-state index < -0.39 is 54.9 Å². The molecule has 0 unspecified atom stereocenters. The predicted molar refractivity (Wildman–Crippen MR) is 139 cm³/mol. The van der Waals surface area contributed by atoms with Gasteiger partial charge in [-0.05, 0) is 38.0 Å². The summed E-state index contributed by atoms with van der Waals surface area (Å²) in [6, 6.07) is 7.58. The van der Waals surface area contributed by atoms with Crippen LogP contribution in [-0.4, -0.2) is 61.2 Å². The lowest BCUT2D eigenvalue weighted by Crippen LogP contribution is -2.53. The van der Waals surface area contributed by atoms with E-state index >= 15 is 0 Å². The number of nitrogens with one attached hydrogen (secondary N) is 3. The third kappa shape index (κ3) is 10.6. The minimum Gasteiger partial charge on any atom is -0.494 e. The van der Waals surface area contributed by atoms with E-state index in [0.29, 0.717) is 17.9 Å². The highest BCUT2D eigenvalue weighted by Crippen LogP contribution is 2.34. The Morgan fingerprint density at radius 2 is 1.72 bits per heavy atom. The van der Waals surface area contributed by atoms with Gasteiger partial charge in [-0.2, -0.15) is 13.2 Å². The number of benzene rings is 2. The Morgan fingerprint density at radius 3 is 2.26 bits per heavy atom. The summed E-state index contributed by atoms with van der Waals surface area (Å²) in [5.41, 5.74) is -1.48. The summed E-state index contributed by atoms with van der Waals surface area (Å²) in [6.07, 6.45) is -4.77. The smallest absolute Gasteiger partial charge is 0.407 e. The van der Waals surface area contributed by atoms with Crippen molar-refractivity contribution in [2.75, 3.05) is 25.6 Å². The average Bonchev–Trinajstić information content (AvgIpc) is 2.86. The van der Waals surface area contributed by atoms with E-state index in [9.17, 15) is 27.2 Å². The summed E-state index contributed by atoms with van der Waals surface area (Å²) >= 11 is 0. The van der Waals surface area contributed by atoms with Gasteiger partial charge in [-0.3, -0.25) is 10.1 Å². The summed E-state index contributed by atoms with van der Waals surface area (Å²) in [5.74, 6) is -1.26. The highest BCUT2D eigenvalue weighted by Gasteiger charge is 2.43. The molecule has 8 nitrogen and oxygen atoms in total. The second-order valence-corrected chi connectivity index (χ2v) is 9.57. The number of ether oxygens (including phenoxy) is 2. The van der Waals surface area contributed by atoms with Crippen molar-refractivity contribution in [3.05, 3.63) is 54.1 Å². The zero-order valence-electron chi connectivity index (χ0n) is 22.3. The summed E-state index contributed by atoms with van der Waals surface area (Å²) in [5, 5.41) is 16.9. The van der Waals surface area contributed by atoms with E-state index in [2.05, 4.69) is 16.0 Å². The molecule has 39 heavy (non-hydrogen) atoms. The largest absolute Gasteiger partial charge is 0.494 e. The number of amides is 1. The third-order valence-electron chi connectivity index (χ3n) is 5.75. The molecule has 1 amide bonds. The number of rotatable bonds is 15. The van der Waals surface area contributed by atoms with Gasteiger partial charge in [-0.15, -0.1) is 0 Å². The van der Waals surface area contributed by atoms with Crippen LogP contribution in [0.15, 0.2) is 48.5 Å². The van der Waals surface area contributed by atoms with Crippen LogP contribution in [0, 0.1) is 0 Å². The van der Waals surface area contributed by atoms with Gasteiger partial charge in [0.1, 0.15) is 23.2 Å². The SMILES string of the molecule is CC[C@H](CNc1ccc(OCC(=O)O)cc1OC)NC(=O)[C@H](CC(C)(C)F)N[C@@H](c1ccccc1)C(F)(F)F. The predicted octanol–water partition coefficient (Wildman–Crippen LogP) is 4.87. The molecule has 12 heteroatoms. The second kappa shape index (κ2) is 14.0. The first-order valence-corrected chi connectivity index (χ1v) is 12.4. The van der Waals surface area contributed by atoms with Crippen molar-refractivity contribution < 1.29 is 41.7 Å². The molecule has 0 heterocycles. The molecule has 0 fully saturated rings. The number of aliphatic carboxylic acids is 1. The van der Waals surface area contributed by atoms with Gasteiger partial charge in [0, 0.05) is 25.1 Å². The van der Waals surface area contributed by atoms with E-state index in [1.54, 1.807) is 19.1 Å². The lowest BCUT2D eigenvalue weighted by atomic mass is 9.97. The highest BCUT2D eigenvalue weighted by atomic mass is 19.4. The molecular weight excluding hydrogens is 522 g/mol. The number of carboxylic acids is 1. The maximum absolute atomic E-state index is 14.6. The first-order chi connectivity index (χ1) is 18.2. The molecule has 2 aromatic rings. The number of methoxy groups -OCH3 is 1. The van der Waals surface area contributed by atoms with E-state index in [4.69, 9.17) is 14.6 Å². The Morgan fingerprint density at radius 1 is 1.05 bits per heavy atom. The van der Waals surface area contributed by atoms with Crippen molar-refractivity contribution in [1.82, 2.24) is 10.6 Å². The molecule has 0 aliphatic carbocycles. The maximum atomic E-state index is 14.6. The van der Waals surface area contributed by atoms with Gasteiger partial charge in [0.05, 0.1) is 18.8 Å². The number of alkyl halides is 4. The van der Waals surface area contributed by atoms with Crippen LogP contribution in [0.4, 0.5) is 23.2 Å². The Balaban J connectivity index is 2.15. The van der Waals surface area contributed by atoms with Crippen molar-refractivity contribution in [3.63, 3.8) is 0 Å². The quantitative estimate of drug-likeness (QED) is 0.232. The van der Waals surface area contributed by atoms with Crippen LogP contribution in [0.5, 0.6) is 11.5 Å². The third-order valence-corrected chi connectivity index (χ3v) is 5.75. The van der Waals surface area contributed by atoms with Gasteiger partial charge in [-0.25, -0.2) is 9.18 Å². The first kappa shape index (κ1) is 31.7. The fourth-order valence-corrected chi connectivity index (χ4v) is 3.82. The maximum Gasteiger partial charge on any atom is 0.407 e. The molecule has 0 bridgehead atoms. The highest BCUT2D eigenvalue weighted by molar-refractivity contribution is 5.82. The van der Waals surface area contributed by atoms with Crippen molar-refractivity contribution in [2.45, 2.75) is 63.6 Å². The van der Waals surface area contributed by atoms with Crippen LogP contribution in [-0.2, 0) is 9.59 Å². The van der Waals surface area contributed by atoms with Crippen LogP contribution in [0.3, 0.4) is 0 Å². The minimum absolute atomic E-state index is 0.0870. The summed E-state index contributed by atoms with van der Waals surface area (Å²) in [6.45, 7) is 3.85. The molecule has 0 spiro atoms. The van der Waals surface area contributed by atoms with Gasteiger partial charge in [0.15, 0.2) is 6.61 Å². The molecule has 0 radical (unpaired) electrons. The van der Waals surface area contributed by atoms with Crippen LogP contribution >= 0.6 is 0 Å². The van der Waals surface area contributed by atoms with Gasteiger partial charge >= 0.3 is 12.1 Å².